The predicted molar refractivity (Wildman–Crippen MR) is 71.7 cm³/mol. The molecule has 0 radical (unpaired) electrons. The fraction of sp³-hybridized carbons (Fsp3) is 0.500. The molecule has 0 aromatic heterocycles. The summed E-state index contributed by atoms with van der Waals surface area (Å²) in [5, 5.41) is 6.95. The van der Waals surface area contributed by atoms with Crippen LogP contribution < -0.4 is 10.6 Å². The Hall–Kier alpha value is -1.06. The molecule has 1 saturated carbocycles. The van der Waals surface area contributed by atoms with Crippen LogP contribution in [0.1, 0.15) is 40.7 Å². The number of nitrogens with one attached hydrogen (secondary N) is 2. The molecule has 1 aromatic carbocycles. The van der Waals surface area contributed by atoms with Gasteiger partial charge in [-0.1, -0.05) is 18.0 Å². The second-order valence-corrected chi connectivity index (χ2v) is 5.62. The first-order chi connectivity index (χ1) is 8.74. The third-order valence-electron chi connectivity index (χ3n) is 3.91. The lowest BCUT2D eigenvalue weighted by Gasteiger charge is -2.25. The van der Waals surface area contributed by atoms with Crippen LogP contribution in [0.4, 0.5) is 0 Å². The third kappa shape index (κ3) is 2.25. The van der Waals surface area contributed by atoms with Gasteiger partial charge >= 0.3 is 0 Å². The van der Waals surface area contributed by atoms with Gasteiger partial charge in [-0.05, 0) is 43.0 Å². The molecule has 1 aliphatic heterocycles. The van der Waals surface area contributed by atoms with E-state index in [2.05, 4.69) is 10.6 Å². The van der Waals surface area contributed by atoms with Gasteiger partial charge in [-0.25, -0.2) is 0 Å². The number of carbonyl (C=O) groups excluding carboxylic acids is 1. The molecule has 18 heavy (non-hydrogen) atoms. The van der Waals surface area contributed by atoms with Crippen LogP contribution in [0.5, 0.6) is 0 Å². The molecule has 2 aliphatic rings. The van der Waals surface area contributed by atoms with E-state index in [0.29, 0.717) is 11.6 Å². The molecule has 1 aromatic rings. The molecule has 96 valence electrons. The van der Waals surface area contributed by atoms with Gasteiger partial charge in [0.25, 0.3) is 5.91 Å². The maximum atomic E-state index is 11.6. The molecule has 0 atom stereocenters. The van der Waals surface area contributed by atoms with Crippen molar-refractivity contribution in [3.05, 3.63) is 33.8 Å². The zero-order valence-electron chi connectivity index (χ0n) is 10.3. The van der Waals surface area contributed by atoms with Crippen molar-refractivity contribution >= 4 is 17.5 Å². The third-order valence-corrected chi connectivity index (χ3v) is 4.25. The highest BCUT2D eigenvalue weighted by Gasteiger charge is 2.22. The number of rotatable bonds is 4. The van der Waals surface area contributed by atoms with Crippen molar-refractivity contribution < 1.29 is 4.79 Å². The summed E-state index contributed by atoms with van der Waals surface area (Å²) in [7, 11) is 0. The van der Waals surface area contributed by atoms with E-state index < -0.39 is 0 Å². The fourth-order valence-electron chi connectivity index (χ4n) is 2.56. The summed E-state index contributed by atoms with van der Waals surface area (Å²) < 4.78 is 0. The zero-order chi connectivity index (χ0) is 12.5. The van der Waals surface area contributed by atoms with E-state index in [-0.39, 0.29) is 5.91 Å². The Morgan fingerprint density at radius 3 is 2.94 bits per heavy atom. The minimum Gasteiger partial charge on any atom is -0.348 e. The molecule has 0 spiro atoms. The maximum Gasteiger partial charge on any atom is 0.251 e. The van der Waals surface area contributed by atoms with Crippen LogP contribution in [-0.2, 0) is 13.1 Å². The summed E-state index contributed by atoms with van der Waals surface area (Å²) in [6.07, 6.45) is 4.07. The summed E-state index contributed by atoms with van der Waals surface area (Å²) in [4.78, 5) is 11.6. The van der Waals surface area contributed by atoms with E-state index in [1.54, 1.807) is 0 Å². The first-order valence-electron chi connectivity index (χ1n) is 6.54. The van der Waals surface area contributed by atoms with Gasteiger partial charge in [0.05, 0.1) is 0 Å². The van der Waals surface area contributed by atoms with Crippen LogP contribution in [0.2, 0.25) is 5.02 Å². The Labute approximate surface area is 112 Å². The summed E-state index contributed by atoms with van der Waals surface area (Å²) in [5.41, 5.74) is 2.77. The highest BCUT2D eigenvalue weighted by molar-refractivity contribution is 6.32. The highest BCUT2D eigenvalue weighted by atomic mass is 35.5. The Balaban J connectivity index is 1.67. The molecule has 1 amide bonds. The lowest BCUT2D eigenvalue weighted by Crippen LogP contribution is -2.26. The first-order valence-corrected chi connectivity index (χ1v) is 6.92. The van der Waals surface area contributed by atoms with E-state index in [0.717, 1.165) is 35.7 Å². The quantitative estimate of drug-likeness (QED) is 0.877. The van der Waals surface area contributed by atoms with Crippen molar-refractivity contribution in [2.45, 2.75) is 32.4 Å². The summed E-state index contributed by atoms with van der Waals surface area (Å²) in [6, 6.07) is 3.92. The van der Waals surface area contributed by atoms with Crippen LogP contribution in [-0.4, -0.2) is 12.5 Å². The molecule has 3 nitrogen and oxygen atoms in total. The van der Waals surface area contributed by atoms with Crippen molar-refractivity contribution in [2.24, 2.45) is 5.92 Å². The van der Waals surface area contributed by atoms with Gasteiger partial charge in [-0.2, -0.15) is 0 Å². The number of hydrogen-bond acceptors (Lipinski definition) is 2. The summed E-state index contributed by atoms with van der Waals surface area (Å²) >= 11 is 6.20. The molecule has 1 aliphatic carbocycles. The number of amides is 1. The lowest BCUT2D eigenvalue weighted by molar-refractivity contribution is 0.0965. The fourth-order valence-corrected chi connectivity index (χ4v) is 2.87. The molecule has 4 heteroatoms. The molecular formula is C14H17ClN2O. The number of fused-ring (bicyclic) bond motifs is 1. The molecule has 0 bridgehead atoms. The number of carbonyl (C=O) groups is 1. The normalized spacial score (nSPS) is 18.4. The van der Waals surface area contributed by atoms with Crippen LogP contribution in [0.25, 0.3) is 0 Å². The topological polar surface area (TPSA) is 41.1 Å². The average Bonchev–Trinajstić information content (AvgIpc) is 2.65. The van der Waals surface area contributed by atoms with E-state index >= 15 is 0 Å². The Morgan fingerprint density at radius 1 is 1.39 bits per heavy atom. The summed E-state index contributed by atoms with van der Waals surface area (Å²) in [5.74, 6) is 0.839. The van der Waals surface area contributed by atoms with Crippen molar-refractivity contribution in [1.82, 2.24) is 10.6 Å². The van der Waals surface area contributed by atoms with Gasteiger partial charge in [0.15, 0.2) is 0 Å². The molecular weight excluding hydrogens is 248 g/mol. The number of benzene rings is 1. The van der Waals surface area contributed by atoms with Crippen molar-refractivity contribution in [3.63, 3.8) is 0 Å². The monoisotopic (exact) mass is 264 g/mol. The van der Waals surface area contributed by atoms with Crippen molar-refractivity contribution in [1.29, 1.82) is 0 Å². The van der Waals surface area contributed by atoms with Gasteiger partial charge in [-0.3, -0.25) is 4.79 Å². The molecule has 3 rings (SSSR count). The molecule has 0 saturated heterocycles. The summed E-state index contributed by atoms with van der Waals surface area (Å²) in [6.45, 7) is 2.42. The largest absolute Gasteiger partial charge is 0.348 e. The minimum absolute atomic E-state index is 0.00672. The van der Waals surface area contributed by atoms with Crippen molar-refractivity contribution in [3.8, 4) is 0 Å². The molecule has 1 fully saturated rings. The molecule has 0 unspecified atom stereocenters. The van der Waals surface area contributed by atoms with Crippen molar-refractivity contribution in [2.75, 3.05) is 6.54 Å². The lowest BCUT2D eigenvalue weighted by atomic mass is 9.85. The standard InChI is InChI=1S/C14H17ClN2O/c15-13-5-10(7-16-6-9-2-1-3-9)4-11-12(13)8-17-14(11)18/h4-5,9,16H,1-3,6-8H2,(H,17,18). The van der Waals surface area contributed by atoms with Crippen LogP contribution in [0, 0.1) is 5.92 Å². The second-order valence-electron chi connectivity index (χ2n) is 5.21. The zero-order valence-corrected chi connectivity index (χ0v) is 11.0. The molecule has 2 N–H and O–H groups in total. The van der Waals surface area contributed by atoms with E-state index in [1.165, 1.54) is 19.3 Å². The Bertz CT molecular complexity index is 483. The second kappa shape index (κ2) is 4.90. The van der Waals surface area contributed by atoms with Crippen LogP contribution >= 0.6 is 11.6 Å². The van der Waals surface area contributed by atoms with Crippen LogP contribution in [0.15, 0.2) is 12.1 Å². The smallest absolute Gasteiger partial charge is 0.251 e. The SMILES string of the molecule is O=C1NCc2c(Cl)cc(CNCC3CCC3)cc21. The van der Waals surface area contributed by atoms with Gasteiger partial charge in [0, 0.05) is 29.2 Å². The molecule has 1 heterocycles. The van der Waals surface area contributed by atoms with Gasteiger partial charge in [0.1, 0.15) is 0 Å². The van der Waals surface area contributed by atoms with Gasteiger partial charge in [-0.15, -0.1) is 0 Å². The van der Waals surface area contributed by atoms with Crippen LogP contribution in [0.3, 0.4) is 0 Å². The minimum atomic E-state index is -0.00672. The van der Waals surface area contributed by atoms with E-state index in [9.17, 15) is 4.79 Å². The predicted octanol–water partition coefficient (Wildman–Crippen LogP) is 2.47. The Morgan fingerprint density at radius 2 is 2.22 bits per heavy atom. The number of hydrogen-bond donors (Lipinski definition) is 2. The maximum absolute atomic E-state index is 11.6. The van der Waals surface area contributed by atoms with Gasteiger partial charge in [0.2, 0.25) is 0 Å². The van der Waals surface area contributed by atoms with Gasteiger partial charge < -0.3 is 10.6 Å². The Kier molecular flexibility index (Phi) is 3.27. The van der Waals surface area contributed by atoms with E-state index in [1.807, 2.05) is 12.1 Å². The van der Waals surface area contributed by atoms with E-state index in [4.69, 9.17) is 11.6 Å². The first kappa shape index (κ1) is 12.0. The highest BCUT2D eigenvalue weighted by Crippen LogP contribution is 2.27. The average molecular weight is 265 g/mol. The number of halogens is 1.